The summed E-state index contributed by atoms with van der Waals surface area (Å²) < 4.78 is 0. The van der Waals surface area contributed by atoms with E-state index in [0.717, 1.165) is 38.5 Å². The Morgan fingerprint density at radius 1 is 1.22 bits per heavy atom. The van der Waals surface area contributed by atoms with E-state index in [1.807, 2.05) is 6.92 Å². The zero-order valence-corrected chi connectivity index (χ0v) is 11.5. The lowest BCUT2D eigenvalue weighted by atomic mass is 9.78. The van der Waals surface area contributed by atoms with Gasteiger partial charge in [-0.1, -0.05) is 32.6 Å². The second-order valence-electron chi connectivity index (χ2n) is 5.53. The van der Waals surface area contributed by atoms with Crippen LogP contribution in [0.5, 0.6) is 0 Å². The molecule has 2 fully saturated rings. The molecule has 1 aliphatic carbocycles. The van der Waals surface area contributed by atoms with Crippen LogP contribution in [-0.2, 0) is 9.59 Å². The minimum atomic E-state index is -0.574. The van der Waals surface area contributed by atoms with Gasteiger partial charge in [0.25, 0.3) is 0 Å². The first-order valence-electron chi connectivity index (χ1n) is 7.27. The molecule has 1 N–H and O–H groups in total. The lowest BCUT2D eigenvalue weighted by molar-refractivity contribution is -0.156. The number of nitrogens with zero attached hydrogens (tertiary/aromatic N) is 1. The Hall–Kier alpha value is -1.06. The van der Waals surface area contributed by atoms with E-state index < -0.39 is 5.54 Å². The number of carbonyl (C=O) groups is 2. The van der Waals surface area contributed by atoms with Gasteiger partial charge in [-0.05, 0) is 26.2 Å². The fourth-order valence-corrected chi connectivity index (χ4v) is 3.35. The topological polar surface area (TPSA) is 49.4 Å². The van der Waals surface area contributed by atoms with Crippen molar-refractivity contribution in [1.29, 1.82) is 0 Å². The summed E-state index contributed by atoms with van der Waals surface area (Å²) in [6.45, 7) is 4.66. The minimum absolute atomic E-state index is 0.0557. The fourth-order valence-electron chi connectivity index (χ4n) is 3.35. The molecule has 0 aromatic heterocycles. The summed E-state index contributed by atoms with van der Waals surface area (Å²) >= 11 is 0. The Morgan fingerprint density at radius 2 is 1.89 bits per heavy atom. The third kappa shape index (κ3) is 2.13. The average molecular weight is 252 g/mol. The summed E-state index contributed by atoms with van der Waals surface area (Å²) in [5.41, 5.74) is -0.574. The van der Waals surface area contributed by atoms with Gasteiger partial charge in [0.2, 0.25) is 11.8 Å². The second kappa shape index (κ2) is 5.29. The van der Waals surface area contributed by atoms with Gasteiger partial charge in [-0.2, -0.15) is 0 Å². The number of hydrogen-bond acceptors (Lipinski definition) is 2. The van der Waals surface area contributed by atoms with Crippen LogP contribution in [0.2, 0.25) is 0 Å². The molecule has 2 aliphatic rings. The highest BCUT2D eigenvalue weighted by Gasteiger charge is 2.50. The Bertz CT molecular complexity index is 335. The Labute approximate surface area is 109 Å². The van der Waals surface area contributed by atoms with Gasteiger partial charge in [0.05, 0.1) is 0 Å². The zero-order chi connectivity index (χ0) is 13.2. The molecular formula is C14H24N2O2. The lowest BCUT2D eigenvalue weighted by Crippen LogP contribution is -2.70. The monoisotopic (exact) mass is 252 g/mol. The van der Waals surface area contributed by atoms with E-state index in [4.69, 9.17) is 0 Å². The fraction of sp³-hybridized carbons (Fsp3) is 0.857. The van der Waals surface area contributed by atoms with Crippen LogP contribution in [0.3, 0.4) is 0 Å². The van der Waals surface area contributed by atoms with Crippen molar-refractivity contribution < 1.29 is 9.59 Å². The van der Waals surface area contributed by atoms with E-state index in [1.54, 1.807) is 4.90 Å². The second-order valence-corrected chi connectivity index (χ2v) is 5.53. The Balaban J connectivity index is 2.23. The number of likely N-dealkylation sites (N-methyl/N-ethyl adjacent to an activating group) is 1. The SMILES string of the molecule is CCCC1C(=O)NC2(CCCCC2)C(=O)N1CC. The van der Waals surface area contributed by atoms with Gasteiger partial charge < -0.3 is 10.2 Å². The number of nitrogens with one attached hydrogen (secondary N) is 1. The quantitative estimate of drug-likeness (QED) is 0.833. The van der Waals surface area contributed by atoms with Crippen LogP contribution < -0.4 is 5.32 Å². The molecule has 1 saturated carbocycles. The molecule has 4 nitrogen and oxygen atoms in total. The summed E-state index contributed by atoms with van der Waals surface area (Å²) in [5, 5.41) is 3.05. The number of carbonyl (C=O) groups excluding carboxylic acids is 2. The largest absolute Gasteiger partial charge is 0.340 e. The molecule has 1 aliphatic heterocycles. The van der Waals surface area contributed by atoms with Crippen LogP contribution in [0.1, 0.15) is 58.8 Å². The van der Waals surface area contributed by atoms with Crippen molar-refractivity contribution in [1.82, 2.24) is 10.2 Å². The third-order valence-electron chi connectivity index (χ3n) is 4.32. The van der Waals surface area contributed by atoms with Crippen molar-refractivity contribution in [2.45, 2.75) is 70.4 Å². The highest BCUT2D eigenvalue weighted by Crippen LogP contribution is 2.33. The average Bonchev–Trinajstić information content (AvgIpc) is 2.38. The molecule has 1 atom stereocenters. The molecule has 1 saturated heterocycles. The summed E-state index contributed by atoms with van der Waals surface area (Å²) in [7, 11) is 0. The molecule has 0 aromatic carbocycles. The summed E-state index contributed by atoms with van der Waals surface area (Å²) in [5.74, 6) is 0.211. The molecule has 0 radical (unpaired) electrons. The predicted molar refractivity (Wildman–Crippen MR) is 70.0 cm³/mol. The number of hydrogen-bond donors (Lipinski definition) is 1. The molecule has 18 heavy (non-hydrogen) atoms. The minimum Gasteiger partial charge on any atom is -0.340 e. The number of piperazine rings is 1. The van der Waals surface area contributed by atoms with Gasteiger partial charge in [-0.3, -0.25) is 9.59 Å². The van der Waals surface area contributed by atoms with Gasteiger partial charge >= 0.3 is 0 Å². The Morgan fingerprint density at radius 3 is 2.44 bits per heavy atom. The van der Waals surface area contributed by atoms with Crippen LogP contribution >= 0.6 is 0 Å². The maximum atomic E-state index is 12.7. The maximum Gasteiger partial charge on any atom is 0.248 e. The maximum absolute atomic E-state index is 12.7. The molecular weight excluding hydrogens is 228 g/mol. The first-order valence-corrected chi connectivity index (χ1v) is 7.27. The molecule has 4 heteroatoms. The number of amides is 2. The van der Waals surface area contributed by atoms with Crippen LogP contribution in [-0.4, -0.2) is 34.8 Å². The van der Waals surface area contributed by atoms with Gasteiger partial charge in [0.15, 0.2) is 0 Å². The molecule has 1 spiro atoms. The smallest absolute Gasteiger partial charge is 0.248 e. The standard InChI is InChI=1S/C14H24N2O2/c1-3-8-11-12(17)15-14(9-6-5-7-10-14)13(18)16(11)4-2/h11H,3-10H2,1-2H3,(H,15,17). The first kappa shape index (κ1) is 13.4. The van der Waals surface area contributed by atoms with Gasteiger partial charge in [-0.25, -0.2) is 0 Å². The van der Waals surface area contributed by atoms with E-state index in [-0.39, 0.29) is 17.9 Å². The van der Waals surface area contributed by atoms with Gasteiger partial charge in [0, 0.05) is 6.54 Å². The third-order valence-corrected chi connectivity index (χ3v) is 4.32. The molecule has 0 bridgehead atoms. The van der Waals surface area contributed by atoms with E-state index in [9.17, 15) is 9.59 Å². The molecule has 2 rings (SSSR count). The Kier molecular flexibility index (Phi) is 3.93. The number of rotatable bonds is 3. The van der Waals surface area contributed by atoms with E-state index in [2.05, 4.69) is 12.2 Å². The van der Waals surface area contributed by atoms with E-state index >= 15 is 0 Å². The molecule has 0 aromatic rings. The lowest BCUT2D eigenvalue weighted by Gasteiger charge is -2.47. The van der Waals surface area contributed by atoms with Crippen molar-refractivity contribution in [2.75, 3.05) is 6.54 Å². The van der Waals surface area contributed by atoms with Crippen LogP contribution in [0.25, 0.3) is 0 Å². The van der Waals surface area contributed by atoms with Crippen LogP contribution in [0.15, 0.2) is 0 Å². The highest BCUT2D eigenvalue weighted by atomic mass is 16.2. The summed E-state index contributed by atoms with van der Waals surface area (Å²) in [6.07, 6.45) is 6.58. The highest BCUT2D eigenvalue weighted by molar-refractivity contribution is 5.99. The normalized spacial score (nSPS) is 27.4. The molecule has 2 amide bonds. The van der Waals surface area contributed by atoms with Crippen LogP contribution in [0.4, 0.5) is 0 Å². The van der Waals surface area contributed by atoms with Crippen molar-refractivity contribution in [3.05, 3.63) is 0 Å². The van der Waals surface area contributed by atoms with Crippen molar-refractivity contribution >= 4 is 11.8 Å². The van der Waals surface area contributed by atoms with Crippen LogP contribution in [0, 0.1) is 0 Å². The molecule has 1 heterocycles. The molecule has 102 valence electrons. The van der Waals surface area contributed by atoms with Gasteiger partial charge in [-0.15, -0.1) is 0 Å². The van der Waals surface area contributed by atoms with Gasteiger partial charge in [0.1, 0.15) is 11.6 Å². The van der Waals surface area contributed by atoms with Crippen molar-refractivity contribution in [3.8, 4) is 0 Å². The first-order chi connectivity index (χ1) is 8.64. The van der Waals surface area contributed by atoms with E-state index in [1.165, 1.54) is 6.42 Å². The van der Waals surface area contributed by atoms with E-state index in [0.29, 0.717) is 6.54 Å². The zero-order valence-electron chi connectivity index (χ0n) is 11.5. The van der Waals surface area contributed by atoms with Crippen molar-refractivity contribution in [3.63, 3.8) is 0 Å². The van der Waals surface area contributed by atoms with Crippen molar-refractivity contribution in [2.24, 2.45) is 0 Å². The molecule has 1 unspecified atom stereocenters. The summed E-state index contributed by atoms with van der Waals surface area (Å²) in [6, 6.07) is -0.250. The summed E-state index contributed by atoms with van der Waals surface area (Å²) in [4.78, 5) is 26.7. The predicted octanol–water partition coefficient (Wildman–Crippen LogP) is 1.84.